The van der Waals surface area contributed by atoms with Crippen LogP contribution in [-0.2, 0) is 6.61 Å². The molecular formula is C12H12N2O2. The van der Waals surface area contributed by atoms with E-state index >= 15 is 0 Å². The summed E-state index contributed by atoms with van der Waals surface area (Å²) in [6, 6.07) is 8.44. The number of phenols is 1. The summed E-state index contributed by atoms with van der Waals surface area (Å²) in [6.07, 6.45) is 3.32. The Labute approximate surface area is 93.3 Å². The van der Waals surface area contributed by atoms with Gasteiger partial charge in [-0.05, 0) is 24.3 Å². The van der Waals surface area contributed by atoms with Crippen molar-refractivity contribution < 1.29 is 9.84 Å². The summed E-state index contributed by atoms with van der Waals surface area (Å²) >= 11 is 0. The number of ether oxygens (including phenoxy) is 1. The third-order valence-corrected chi connectivity index (χ3v) is 2.16. The summed E-state index contributed by atoms with van der Waals surface area (Å²) in [6.45, 7) is 0.359. The number of pyridine rings is 1. The molecule has 1 heterocycles. The Bertz CT molecular complexity index is 472. The van der Waals surface area contributed by atoms with Crippen LogP contribution in [0.15, 0.2) is 42.7 Å². The highest BCUT2D eigenvalue weighted by Crippen LogP contribution is 2.20. The molecule has 0 unspecified atom stereocenters. The van der Waals surface area contributed by atoms with Gasteiger partial charge in [-0.3, -0.25) is 4.98 Å². The molecule has 4 nitrogen and oxygen atoms in total. The van der Waals surface area contributed by atoms with Crippen molar-refractivity contribution >= 4 is 5.69 Å². The predicted octanol–water partition coefficient (Wildman–Crippen LogP) is 1.95. The highest BCUT2D eigenvalue weighted by Gasteiger charge is 2.01. The number of nitrogen functional groups attached to an aromatic ring is 1. The number of benzene rings is 1. The van der Waals surface area contributed by atoms with Gasteiger partial charge in [-0.15, -0.1) is 0 Å². The third-order valence-electron chi connectivity index (χ3n) is 2.16. The number of aromatic hydroxyl groups is 1. The lowest BCUT2D eigenvalue weighted by atomic mass is 10.2. The first-order valence-corrected chi connectivity index (χ1v) is 4.86. The molecule has 0 fully saturated rings. The molecule has 0 aliphatic heterocycles. The number of aromatic nitrogens is 1. The van der Waals surface area contributed by atoms with Crippen LogP contribution in [0.25, 0.3) is 0 Å². The Hall–Kier alpha value is -2.23. The lowest BCUT2D eigenvalue weighted by Crippen LogP contribution is -2.00. The van der Waals surface area contributed by atoms with Crippen molar-refractivity contribution in [3.8, 4) is 11.5 Å². The van der Waals surface area contributed by atoms with Crippen LogP contribution in [0.3, 0.4) is 0 Å². The second-order valence-corrected chi connectivity index (χ2v) is 3.36. The zero-order valence-corrected chi connectivity index (χ0v) is 8.63. The highest BCUT2D eigenvalue weighted by molar-refractivity contribution is 5.50. The normalized spacial score (nSPS) is 10.0. The van der Waals surface area contributed by atoms with E-state index in [9.17, 15) is 5.11 Å². The minimum absolute atomic E-state index is 0.155. The topological polar surface area (TPSA) is 68.4 Å². The Kier molecular flexibility index (Phi) is 2.91. The fourth-order valence-electron chi connectivity index (χ4n) is 1.31. The summed E-state index contributed by atoms with van der Waals surface area (Å²) < 4.78 is 5.49. The molecule has 0 bridgehead atoms. The van der Waals surface area contributed by atoms with Crippen molar-refractivity contribution in [2.45, 2.75) is 6.61 Å². The minimum Gasteiger partial charge on any atom is -0.508 e. The van der Waals surface area contributed by atoms with E-state index in [1.807, 2.05) is 6.07 Å². The minimum atomic E-state index is 0.155. The second kappa shape index (κ2) is 4.53. The van der Waals surface area contributed by atoms with Crippen LogP contribution < -0.4 is 10.5 Å². The summed E-state index contributed by atoms with van der Waals surface area (Å²) in [5, 5.41) is 9.19. The lowest BCUT2D eigenvalue weighted by molar-refractivity contribution is 0.305. The van der Waals surface area contributed by atoms with Gasteiger partial charge in [0.2, 0.25) is 0 Å². The molecule has 16 heavy (non-hydrogen) atoms. The molecule has 0 aliphatic carbocycles. The van der Waals surface area contributed by atoms with E-state index < -0.39 is 0 Å². The Morgan fingerprint density at radius 3 is 2.88 bits per heavy atom. The second-order valence-electron chi connectivity index (χ2n) is 3.36. The van der Waals surface area contributed by atoms with Crippen LogP contribution in [0.1, 0.15) is 5.56 Å². The molecule has 1 aromatic carbocycles. The monoisotopic (exact) mass is 216 g/mol. The molecule has 0 saturated heterocycles. The van der Waals surface area contributed by atoms with E-state index in [4.69, 9.17) is 10.5 Å². The summed E-state index contributed by atoms with van der Waals surface area (Å²) in [4.78, 5) is 3.94. The van der Waals surface area contributed by atoms with Crippen molar-refractivity contribution in [2.75, 3.05) is 5.73 Å². The van der Waals surface area contributed by atoms with Crippen molar-refractivity contribution in [3.63, 3.8) is 0 Å². The van der Waals surface area contributed by atoms with E-state index in [0.717, 1.165) is 5.56 Å². The van der Waals surface area contributed by atoms with Gasteiger partial charge in [0.1, 0.15) is 18.1 Å². The molecule has 0 aliphatic rings. The number of hydrogen-bond donors (Lipinski definition) is 2. The average Bonchev–Trinajstić information content (AvgIpc) is 2.29. The predicted molar refractivity (Wildman–Crippen MR) is 61.1 cm³/mol. The molecule has 82 valence electrons. The molecule has 4 heteroatoms. The van der Waals surface area contributed by atoms with Crippen molar-refractivity contribution in [3.05, 3.63) is 48.3 Å². The lowest BCUT2D eigenvalue weighted by Gasteiger charge is -2.08. The molecule has 2 aromatic rings. The number of phenolic OH excluding ortho intramolecular Hbond substituents is 1. The van der Waals surface area contributed by atoms with Gasteiger partial charge in [-0.25, -0.2) is 0 Å². The molecular weight excluding hydrogens is 204 g/mol. The van der Waals surface area contributed by atoms with Gasteiger partial charge < -0.3 is 15.6 Å². The quantitative estimate of drug-likeness (QED) is 0.769. The van der Waals surface area contributed by atoms with Gasteiger partial charge >= 0.3 is 0 Å². The van der Waals surface area contributed by atoms with E-state index in [1.54, 1.807) is 30.6 Å². The SMILES string of the molecule is Nc1cc(O)ccc1COc1cccnc1. The van der Waals surface area contributed by atoms with Gasteiger partial charge in [-0.1, -0.05) is 0 Å². The maximum absolute atomic E-state index is 9.19. The Morgan fingerprint density at radius 2 is 2.19 bits per heavy atom. The van der Waals surface area contributed by atoms with Gasteiger partial charge in [0, 0.05) is 23.5 Å². The molecule has 0 amide bonds. The van der Waals surface area contributed by atoms with Crippen molar-refractivity contribution in [2.24, 2.45) is 0 Å². The Balaban J connectivity index is 2.05. The van der Waals surface area contributed by atoms with Crippen LogP contribution >= 0.6 is 0 Å². The first-order chi connectivity index (χ1) is 7.75. The van der Waals surface area contributed by atoms with Crippen LogP contribution in [0.4, 0.5) is 5.69 Å². The molecule has 2 rings (SSSR count). The van der Waals surface area contributed by atoms with E-state index in [2.05, 4.69) is 4.98 Å². The third kappa shape index (κ3) is 2.42. The molecule has 0 radical (unpaired) electrons. The number of hydrogen-bond acceptors (Lipinski definition) is 4. The average molecular weight is 216 g/mol. The van der Waals surface area contributed by atoms with Crippen LogP contribution in [0, 0.1) is 0 Å². The fourth-order valence-corrected chi connectivity index (χ4v) is 1.31. The van der Waals surface area contributed by atoms with E-state index in [0.29, 0.717) is 18.0 Å². The van der Waals surface area contributed by atoms with Gasteiger partial charge in [0.15, 0.2) is 0 Å². The van der Waals surface area contributed by atoms with Crippen LogP contribution in [0.2, 0.25) is 0 Å². The first-order valence-electron chi connectivity index (χ1n) is 4.86. The number of nitrogens with zero attached hydrogens (tertiary/aromatic N) is 1. The summed E-state index contributed by atoms with van der Waals surface area (Å²) in [5.41, 5.74) is 7.08. The summed E-state index contributed by atoms with van der Waals surface area (Å²) in [7, 11) is 0. The summed E-state index contributed by atoms with van der Waals surface area (Å²) in [5.74, 6) is 0.845. The van der Waals surface area contributed by atoms with Crippen molar-refractivity contribution in [1.82, 2.24) is 4.98 Å². The van der Waals surface area contributed by atoms with E-state index in [1.165, 1.54) is 6.07 Å². The molecule has 0 spiro atoms. The molecule has 0 saturated carbocycles. The molecule has 3 N–H and O–H groups in total. The van der Waals surface area contributed by atoms with Crippen LogP contribution in [-0.4, -0.2) is 10.1 Å². The van der Waals surface area contributed by atoms with Crippen molar-refractivity contribution in [1.29, 1.82) is 0 Å². The Morgan fingerprint density at radius 1 is 1.31 bits per heavy atom. The number of anilines is 1. The standard InChI is InChI=1S/C12H12N2O2/c13-12-6-10(15)4-3-9(12)8-16-11-2-1-5-14-7-11/h1-7,15H,8,13H2. The maximum atomic E-state index is 9.19. The number of rotatable bonds is 3. The highest BCUT2D eigenvalue weighted by atomic mass is 16.5. The molecule has 0 atom stereocenters. The zero-order valence-electron chi connectivity index (χ0n) is 8.63. The maximum Gasteiger partial charge on any atom is 0.138 e. The van der Waals surface area contributed by atoms with E-state index in [-0.39, 0.29) is 5.75 Å². The zero-order chi connectivity index (χ0) is 11.4. The number of nitrogens with two attached hydrogens (primary N) is 1. The largest absolute Gasteiger partial charge is 0.508 e. The van der Waals surface area contributed by atoms with Gasteiger partial charge in [0.25, 0.3) is 0 Å². The smallest absolute Gasteiger partial charge is 0.138 e. The van der Waals surface area contributed by atoms with Gasteiger partial charge in [0.05, 0.1) is 6.20 Å². The van der Waals surface area contributed by atoms with Gasteiger partial charge in [-0.2, -0.15) is 0 Å². The van der Waals surface area contributed by atoms with Crippen LogP contribution in [0.5, 0.6) is 11.5 Å². The first kappa shape index (κ1) is 10.3. The fraction of sp³-hybridized carbons (Fsp3) is 0.0833. The molecule has 1 aromatic heterocycles.